The topological polar surface area (TPSA) is 48.9 Å². The predicted molar refractivity (Wildman–Crippen MR) is 122 cm³/mol. The van der Waals surface area contributed by atoms with Crippen LogP contribution < -0.4 is 10.6 Å². The Labute approximate surface area is 187 Å². The molecule has 1 heterocycles. The van der Waals surface area contributed by atoms with Crippen molar-refractivity contribution in [1.82, 2.24) is 15.5 Å². The maximum absolute atomic E-state index is 13.8. The molecule has 0 aromatic heterocycles. The third-order valence-corrected chi connectivity index (χ3v) is 4.76. The molecular weight excluding hydrogens is 489 g/mol. The third-order valence-electron chi connectivity index (χ3n) is 4.76. The van der Waals surface area contributed by atoms with Gasteiger partial charge in [-0.1, -0.05) is 24.3 Å². The highest BCUT2D eigenvalue weighted by molar-refractivity contribution is 14.0. The quantitative estimate of drug-likeness (QED) is 0.352. The Morgan fingerprint density at radius 3 is 2.41 bits per heavy atom. The number of halogens is 3. The van der Waals surface area contributed by atoms with Gasteiger partial charge in [0.1, 0.15) is 11.6 Å². The molecule has 29 heavy (non-hydrogen) atoms. The minimum atomic E-state index is -0.263. The lowest BCUT2D eigenvalue weighted by Gasteiger charge is -2.35. The molecule has 3 rings (SSSR count). The molecule has 1 saturated heterocycles. The number of morpholine rings is 1. The second-order valence-electron chi connectivity index (χ2n) is 6.66. The zero-order valence-corrected chi connectivity index (χ0v) is 18.7. The number of rotatable bonds is 6. The number of hydrogen-bond donors (Lipinski definition) is 2. The van der Waals surface area contributed by atoms with E-state index >= 15 is 0 Å². The molecule has 0 bridgehead atoms. The van der Waals surface area contributed by atoms with Crippen molar-refractivity contribution in [2.75, 3.05) is 39.9 Å². The molecule has 158 valence electrons. The Hall–Kier alpha value is -1.78. The lowest BCUT2D eigenvalue weighted by Crippen LogP contribution is -2.46. The molecular formula is C21H27F2IN4O. The van der Waals surface area contributed by atoms with Gasteiger partial charge in [0.2, 0.25) is 0 Å². The Bertz CT molecular complexity index is 800. The number of aliphatic imine (C=N–C) groups is 1. The highest BCUT2D eigenvalue weighted by Crippen LogP contribution is 2.22. The molecule has 0 aliphatic carbocycles. The Morgan fingerprint density at radius 1 is 1.07 bits per heavy atom. The second kappa shape index (κ2) is 12.0. The molecule has 2 aromatic rings. The summed E-state index contributed by atoms with van der Waals surface area (Å²) in [6.45, 7) is 3.93. The molecule has 1 unspecified atom stereocenters. The molecule has 1 aliphatic heterocycles. The van der Waals surface area contributed by atoms with Crippen LogP contribution in [0.15, 0.2) is 53.5 Å². The van der Waals surface area contributed by atoms with Gasteiger partial charge in [-0.15, -0.1) is 24.0 Å². The smallest absolute Gasteiger partial charge is 0.191 e. The fourth-order valence-corrected chi connectivity index (χ4v) is 3.31. The summed E-state index contributed by atoms with van der Waals surface area (Å²) in [5.41, 5.74) is 1.74. The Kier molecular flexibility index (Phi) is 9.75. The summed E-state index contributed by atoms with van der Waals surface area (Å²) in [6.07, 6.45) is 0. The molecule has 2 aromatic carbocycles. The van der Waals surface area contributed by atoms with Crippen molar-refractivity contribution in [2.45, 2.75) is 12.6 Å². The molecule has 5 nitrogen and oxygen atoms in total. The number of ether oxygens (including phenoxy) is 1. The van der Waals surface area contributed by atoms with Crippen molar-refractivity contribution >= 4 is 29.9 Å². The average molecular weight is 516 g/mol. The van der Waals surface area contributed by atoms with Gasteiger partial charge in [0.05, 0.1) is 19.3 Å². The largest absolute Gasteiger partial charge is 0.379 e. The summed E-state index contributed by atoms with van der Waals surface area (Å²) in [7, 11) is 1.69. The molecule has 1 aliphatic rings. The van der Waals surface area contributed by atoms with Gasteiger partial charge in [-0.3, -0.25) is 9.89 Å². The Morgan fingerprint density at radius 2 is 1.76 bits per heavy atom. The minimum absolute atomic E-state index is 0. The summed E-state index contributed by atoms with van der Waals surface area (Å²) in [4.78, 5) is 6.52. The van der Waals surface area contributed by atoms with Crippen LogP contribution >= 0.6 is 24.0 Å². The summed E-state index contributed by atoms with van der Waals surface area (Å²) in [5, 5.41) is 6.50. The van der Waals surface area contributed by atoms with Crippen LogP contribution in [-0.2, 0) is 11.3 Å². The van der Waals surface area contributed by atoms with Gasteiger partial charge in [0.25, 0.3) is 0 Å². The van der Waals surface area contributed by atoms with E-state index in [4.69, 9.17) is 4.74 Å². The van der Waals surface area contributed by atoms with Crippen molar-refractivity contribution in [1.29, 1.82) is 0 Å². The Balaban J connectivity index is 0.00000300. The van der Waals surface area contributed by atoms with Gasteiger partial charge in [-0.05, 0) is 35.4 Å². The van der Waals surface area contributed by atoms with E-state index < -0.39 is 0 Å². The van der Waals surface area contributed by atoms with E-state index in [0.29, 0.717) is 32.3 Å². The first kappa shape index (κ1) is 23.5. The second-order valence-corrected chi connectivity index (χ2v) is 6.66. The fraction of sp³-hybridized carbons (Fsp3) is 0.381. The zero-order chi connectivity index (χ0) is 19.8. The fourth-order valence-electron chi connectivity index (χ4n) is 3.31. The molecule has 0 radical (unpaired) electrons. The van der Waals surface area contributed by atoms with Crippen LogP contribution in [0, 0.1) is 11.6 Å². The van der Waals surface area contributed by atoms with Crippen LogP contribution in [0.5, 0.6) is 0 Å². The van der Waals surface area contributed by atoms with Crippen LogP contribution in [0.3, 0.4) is 0 Å². The average Bonchev–Trinajstić information content (AvgIpc) is 2.71. The van der Waals surface area contributed by atoms with Crippen LogP contribution in [0.1, 0.15) is 17.2 Å². The van der Waals surface area contributed by atoms with Crippen molar-refractivity contribution in [3.05, 3.63) is 71.3 Å². The summed E-state index contributed by atoms with van der Waals surface area (Å²) in [5.74, 6) is 0.101. The van der Waals surface area contributed by atoms with Crippen molar-refractivity contribution in [3.63, 3.8) is 0 Å². The van der Waals surface area contributed by atoms with Crippen molar-refractivity contribution < 1.29 is 13.5 Å². The summed E-state index contributed by atoms with van der Waals surface area (Å²) >= 11 is 0. The number of nitrogens with one attached hydrogen (secondary N) is 2. The maximum Gasteiger partial charge on any atom is 0.191 e. The highest BCUT2D eigenvalue weighted by Gasteiger charge is 2.23. The van der Waals surface area contributed by atoms with Gasteiger partial charge >= 0.3 is 0 Å². The number of guanidine groups is 1. The van der Waals surface area contributed by atoms with Gasteiger partial charge in [-0.2, -0.15) is 0 Å². The molecule has 0 spiro atoms. The summed E-state index contributed by atoms with van der Waals surface area (Å²) in [6, 6.07) is 13.1. The first-order valence-corrected chi connectivity index (χ1v) is 9.42. The number of nitrogens with zero attached hydrogens (tertiary/aromatic N) is 2. The van der Waals surface area contributed by atoms with E-state index in [1.807, 2.05) is 12.1 Å². The van der Waals surface area contributed by atoms with Crippen LogP contribution in [-0.4, -0.2) is 50.8 Å². The van der Waals surface area contributed by atoms with Gasteiger partial charge in [-0.25, -0.2) is 8.78 Å². The standard InChI is InChI=1S/C21H26F2N4O.HI/c1-24-21(25-14-16-4-2-6-18(22)12-16)26-15-20(27-8-10-28-11-9-27)17-5-3-7-19(23)13-17;/h2-7,12-13,20H,8-11,14-15H2,1H3,(H2,24,25,26);1H. The van der Waals surface area contributed by atoms with Crippen LogP contribution in [0.2, 0.25) is 0 Å². The van der Waals surface area contributed by atoms with Crippen molar-refractivity contribution in [2.24, 2.45) is 4.99 Å². The first-order valence-electron chi connectivity index (χ1n) is 9.42. The lowest BCUT2D eigenvalue weighted by molar-refractivity contribution is 0.0169. The molecule has 1 atom stereocenters. The number of benzene rings is 2. The van der Waals surface area contributed by atoms with Gasteiger partial charge in [0, 0.05) is 33.2 Å². The van der Waals surface area contributed by atoms with E-state index in [2.05, 4.69) is 20.5 Å². The van der Waals surface area contributed by atoms with Crippen LogP contribution in [0.4, 0.5) is 8.78 Å². The van der Waals surface area contributed by atoms with Gasteiger partial charge < -0.3 is 15.4 Å². The minimum Gasteiger partial charge on any atom is -0.379 e. The normalized spacial score (nSPS) is 16.0. The van der Waals surface area contributed by atoms with Gasteiger partial charge in [0.15, 0.2) is 5.96 Å². The van der Waals surface area contributed by atoms with E-state index in [0.717, 1.165) is 24.2 Å². The van der Waals surface area contributed by atoms with Crippen molar-refractivity contribution in [3.8, 4) is 0 Å². The molecule has 0 amide bonds. The molecule has 0 saturated carbocycles. The van der Waals surface area contributed by atoms with E-state index in [-0.39, 0.29) is 41.7 Å². The zero-order valence-electron chi connectivity index (χ0n) is 16.4. The van der Waals surface area contributed by atoms with E-state index in [1.54, 1.807) is 25.2 Å². The SMILES string of the molecule is CN=C(NCc1cccc(F)c1)NCC(c1cccc(F)c1)N1CCOCC1.I. The van der Waals surface area contributed by atoms with Crippen LogP contribution in [0.25, 0.3) is 0 Å². The highest BCUT2D eigenvalue weighted by atomic mass is 127. The predicted octanol–water partition coefficient (Wildman–Crippen LogP) is 3.32. The monoisotopic (exact) mass is 516 g/mol. The summed E-state index contributed by atoms with van der Waals surface area (Å²) < 4.78 is 32.6. The molecule has 1 fully saturated rings. The number of hydrogen-bond acceptors (Lipinski definition) is 3. The first-order chi connectivity index (χ1) is 13.7. The van der Waals surface area contributed by atoms with E-state index in [9.17, 15) is 8.78 Å². The molecule has 8 heteroatoms. The maximum atomic E-state index is 13.8. The lowest BCUT2D eigenvalue weighted by atomic mass is 10.0. The van der Waals surface area contributed by atoms with E-state index in [1.165, 1.54) is 18.2 Å². The third kappa shape index (κ3) is 7.20. The molecule has 2 N–H and O–H groups in total.